The number of carboxylic acid groups (broad SMARTS) is 1. The summed E-state index contributed by atoms with van der Waals surface area (Å²) in [5.74, 6) is -0.880. The summed E-state index contributed by atoms with van der Waals surface area (Å²) in [7, 11) is 0. The highest BCUT2D eigenvalue weighted by atomic mass is 16.5. The lowest BCUT2D eigenvalue weighted by molar-refractivity contribution is 0.0694. The van der Waals surface area contributed by atoms with Crippen molar-refractivity contribution >= 4 is 5.97 Å². The van der Waals surface area contributed by atoms with Crippen molar-refractivity contribution in [2.24, 2.45) is 0 Å². The number of aromatic nitrogens is 2. The number of nitrogens with zero attached hydrogens (tertiary/aromatic N) is 3. The van der Waals surface area contributed by atoms with Crippen LogP contribution in [0.3, 0.4) is 0 Å². The molecule has 1 N–H and O–H groups in total. The Balaban J connectivity index is 2.39. The van der Waals surface area contributed by atoms with E-state index in [9.17, 15) is 4.79 Å². The van der Waals surface area contributed by atoms with Crippen molar-refractivity contribution in [2.75, 3.05) is 0 Å². The van der Waals surface area contributed by atoms with E-state index in [1.807, 2.05) is 6.07 Å². The molecule has 6 heteroatoms. The zero-order valence-corrected chi connectivity index (χ0v) is 9.99. The average molecular weight is 255 g/mol. The van der Waals surface area contributed by atoms with E-state index in [4.69, 9.17) is 15.1 Å². The molecule has 0 bridgehead atoms. The summed E-state index contributed by atoms with van der Waals surface area (Å²) in [5, 5.41) is 17.9. The number of hydrogen-bond donors (Lipinski definition) is 1. The van der Waals surface area contributed by atoms with Crippen LogP contribution in [-0.2, 0) is 0 Å². The third kappa shape index (κ3) is 2.84. The van der Waals surface area contributed by atoms with E-state index in [1.165, 1.54) is 24.5 Å². The molecule has 2 rings (SSSR count). The van der Waals surface area contributed by atoms with Crippen molar-refractivity contribution in [1.29, 1.82) is 5.26 Å². The standard InChI is InChI=1S/C13H9N3O3/c1-8-4-9(6-14)5-12(16-8)19-11-7-15-3-2-10(11)13(17)18/h2-5,7H,1H3,(H,17,18). The molecule has 2 heterocycles. The fraction of sp³-hybridized carbons (Fsp3) is 0.0769. The molecule has 0 unspecified atom stereocenters. The average Bonchev–Trinajstić information content (AvgIpc) is 2.38. The number of rotatable bonds is 3. The third-order valence-electron chi connectivity index (χ3n) is 2.29. The van der Waals surface area contributed by atoms with Crippen LogP contribution in [0.5, 0.6) is 11.6 Å². The predicted molar refractivity (Wildman–Crippen MR) is 65.0 cm³/mol. The number of nitriles is 1. The second kappa shape index (κ2) is 5.14. The largest absolute Gasteiger partial charge is 0.478 e. The number of aromatic carboxylic acids is 1. The van der Waals surface area contributed by atoms with Gasteiger partial charge in [-0.2, -0.15) is 5.26 Å². The van der Waals surface area contributed by atoms with E-state index in [-0.39, 0.29) is 17.2 Å². The van der Waals surface area contributed by atoms with Gasteiger partial charge in [0, 0.05) is 18.0 Å². The summed E-state index contributed by atoms with van der Waals surface area (Å²) < 4.78 is 5.39. The minimum atomic E-state index is -1.12. The number of hydrogen-bond acceptors (Lipinski definition) is 5. The molecule has 2 aromatic heterocycles. The third-order valence-corrected chi connectivity index (χ3v) is 2.29. The van der Waals surface area contributed by atoms with Crippen LogP contribution in [0.1, 0.15) is 21.6 Å². The molecule has 19 heavy (non-hydrogen) atoms. The SMILES string of the molecule is Cc1cc(C#N)cc(Oc2cnccc2C(=O)O)n1. The van der Waals surface area contributed by atoms with Crippen LogP contribution >= 0.6 is 0 Å². The Kier molecular flexibility index (Phi) is 3.39. The summed E-state index contributed by atoms with van der Waals surface area (Å²) in [6.07, 6.45) is 2.65. The van der Waals surface area contributed by atoms with Gasteiger partial charge in [-0.25, -0.2) is 9.78 Å². The normalized spacial score (nSPS) is 9.68. The first kappa shape index (κ1) is 12.5. The topological polar surface area (TPSA) is 96.1 Å². The van der Waals surface area contributed by atoms with Gasteiger partial charge in [-0.15, -0.1) is 0 Å². The number of ether oxygens (including phenoxy) is 1. The molecule has 0 atom stereocenters. The molecule has 0 radical (unpaired) electrons. The smallest absolute Gasteiger partial charge is 0.339 e. The molecular formula is C13H9N3O3. The summed E-state index contributed by atoms with van der Waals surface area (Å²) in [6, 6.07) is 6.35. The summed E-state index contributed by atoms with van der Waals surface area (Å²) >= 11 is 0. The number of carboxylic acids is 1. The van der Waals surface area contributed by atoms with Crippen molar-refractivity contribution < 1.29 is 14.6 Å². The lowest BCUT2D eigenvalue weighted by atomic mass is 10.2. The minimum Gasteiger partial charge on any atom is -0.478 e. The van der Waals surface area contributed by atoms with Gasteiger partial charge in [-0.3, -0.25) is 4.98 Å². The van der Waals surface area contributed by atoms with E-state index >= 15 is 0 Å². The Bertz CT molecular complexity index is 677. The number of carbonyl (C=O) groups is 1. The quantitative estimate of drug-likeness (QED) is 0.902. The van der Waals surface area contributed by atoms with Gasteiger partial charge in [0.15, 0.2) is 5.75 Å². The number of aryl methyl sites for hydroxylation is 1. The van der Waals surface area contributed by atoms with E-state index < -0.39 is 5.97 Å². The van der Waals surface area contributed by atoms with Crippen molar-refractivity contribution in [1.82, 2.24) is 9.97 Å². The summed E-state index contributed by atoms with van der Waals surface area (Å²) in [5.41, 5.74) is 0.981. The molecule has 94 valence electrons. The predicted octanol–water partition coefficient (Wildman–Crippen LogP) is 2.15. The molecule has 0 aromatic carbocycles. The zero-order valence-electron chi connectivity index (χ0n) is 9.99. The van der Waals surface area contributed by atoms with Crippen molar-refractivity contribution in [3.63, 3.8) is 0 Å². The second-order valence-corrected chi connectivity index (χ2v) is 3.73. The Labute approximate surface area is 108 Å². The van der Waals surface area contributed by atoms with E-state index in [1.54, 1.807) is 13.0 Å². The highest BCUT2D eigenvalue weighted by molar-refractivity contribution is 5.90. The van der Waals surface area contributed by atoms with Gasteiger partial charge in [-0.1, -0.05) is 0 Å². The summed E-state index contributed by atoms with van der Waals surface area (Å²) in [6.45, 7) is 1.72. The maximum atomic E-state index is 11.0. The fourth-order valence-electron chi connectivity index (χ4n) is 1.51. The Morgan fingerprint density at radius 3 is 2.95 bits per heavy atom. The Hall–Kier alpha value is -2.94. The van der Waals surface area contributed by atoms with Gasteiger partial charge in [0.1, 0.15) is 5.56 Å². The van der Waals surface area contributed by atoms with Crippen molar-refractivity contribution in [2.45, 2.75) is 6.92 Å². The first-order valence-corrected chi connectivity index (χ1v) is 5.34. The van der Waals surface area contributed by atoms with Crippen LogP contribution in [-0.4, -0.2) is 21.0 Å². The highest BCUT2D eigenvalue weighted by Gasteiger charge is 2.12. The van der Waals surface area contributed by atoms with Crippen LogP contribution < -0.4 is 4.74 Å². The molecular weight excluding hydrogens is 246 g/mol. The molecule has 6 nitrogen and oxygen atoms in total. The maximum Gasteiger partial charge on any atom is 0.339 e. The lowest BCUT2D eigenvalue weighted by Gasteiger charge is -2.07. The molecule has 0 aliphatic rings. The van der Waals surface area contributed by atoms with E-state index in [2.05, 4.69) is 9.97 Å². The van der Waals surface area contributed by atoms with Gasteiger partial charge in [-0.05, 0) is 19.1 Å². The van der Waals surface area contributed by atoms with Crippen LogP contribution in [0.2, 0.25) is 0 Å². The van der Waals surface area contributed by atoms with Gasteiger partial charge in [0.25, 0.3) is 0 Å². The van der Waals surface area contributed by atoms with Crippen LogP contribution in [0.4, 0.5) is 0 Å². The van der Waals surface area contributed by atoms with Crippen molar-refractivity contribution in [3.05, 3.63) is 47.4 Å². The maximum absolute atomic E-state index is 11.0. The zero-order chi connectivity index (χ0) is 13.8. The van der Waals surface area contributed by atoms with Gasteiger partial charge in [0.05, 0.1) is 17.8 Å². The highest BCUT2D eigenvalue weighted by Crippen LogP contribution is 2.23. The van der Waals surface area contributed by atoms with E-state index in [0.29, 0.717) is 11.3 Å². The molecule has 0 saturated heterocycles. The first-order valence-electron chi connectivity index (χ1n) is 5.34. The van der Waals surface area contributed by atoms with Crippen molar-refractivity contribution in [3.8, 4) is 17.7 Å². The molecule has 0 aliphatic carbocycles. The molecule has 0 spiro atoms. The van der Waals surface area contributed by atoms with E-state index in [0.717, 1.165) is 0 Å². The molecule has 0 fully saturated rings. The Morgan fingerprint density at radius 2 is 2.26 bits per heavy atom. The van der Waals surface area contributed by atoms with Crippen LogP contribution in [0, 0.1) is 18.3 Å². The first-order chi connectivity index (χ1) is 9.10. The van der Waals surface area contributed by atoms with Gasteiger partial charge in [0.2, 0.25) is 5.88 Å². The second-order valence-electron chi connectivity index (χ2n) is 3.73. The van der Waals surface area contributed by atoms with Gasteiger partial charge < -0.3 is 9.84 Å². The number of pyridine rings is 2. The summed E-state index contributed by atoms with van der Waals surface area (Å²) in [4.78, 5) is 18.9. The Morgan fingerprint density at radius 1 is 1.47 bits per heavy atom. The lowest BCUT2D eigenvalue weighted by Crippen LogP contribution is -2.01. The van der Waals surface area contributed by atoms with Crippen LogP contribution in [0.25, 0.3) is 0 Å². The monoisotopic (exact) mass is 255 g/mol. The molecule has 0 amide bonds. The fourth-order valence-corrected chi connectivity index (χ4v) is 1.51. The van der Waals surface area contributed by atoms with Crippen LogP contribution in [0.15, 0.2) is 30.6 Å². The minimum absolute atomic E-state index is 0.0168. The van der Waals surface area contributed by atoms with Gasteiger partial charge >= 0.3 is 5.97 Å². The molecule has 0 aliphatic heterocycles. The molecule has 0 saturated carbocycles. The molecule has 2 aromatic rings.